The summed E-state index contributed by atoms with van der Waals surface area (Å²) in [6.45, 7) is 2.36. The lowest BCUT2D eigenvalue weighted by Gasteiger charge is -2.08. The first kappa shape index (κ1) is 10.6. The number of ether oxygens (including phenoxy) is 1. The lowest BCUT2D eigenvalue weighted by atomic mass is 10.2. The average molecular weight is 218 g/mol. The van der Waals surface area contributed by atoms with E-state index >= 15 is 0 Å². The van der Waals surface area contributed by atoms with Gasteiger partial charge in [0.15, 0.2) is 5.82 Å². The molecule has 0 radical (unpaired) electrons. The van der Waals surface area contributed by atoms with E-state index in [-0.39, 0.29) is 0 Å². The van der Waals surface area contributed by atoms with Crippen LogP contribution in [-0.2, 0) is 6.54 Å². The van der Waals surface area contributed by atoms with Crippen LogP contribution < -0.4 is 10.5 Å². The van der Waals surface area contributed by atoms with Crippen LogP contribution in [0, 0.1) is 6.92 Å². The topological polar surface area (TPSA) is 66.0 Å². The summed E-state index contributed by atoms with van der Waals surface area (Å²) in [7, 11) is 1.56. The van der Waals surface area contributed by atoms with Crippen molar-refractivity contribution >= 4 is 0 Å². The molecule has 2 rings (SSSR count). The summed E-state index contributed by atoms with van der Waals surface area (Å²) < 4.78 is 6.95. The first-order valence-corrected chi connectivity index (χ1v) is 5.01. The Morgan fingerprint density at radius 3 is 2.50 bits per heavy atom. The SMILES string of the molecule is COc1nnc(CN)n1-c1ccc(C)cc1. The molecule has 0 unspecified atom stereocenters. The van der Waals surface area contributed by atoms with Gasteiger partial charge in [0.2, 0.25) is 0 Å². The second kappa shape index (κ2) is 4.32. The summed E-state index contributed by atoms with van der Waals surface area (Å²) in [6.07, 6.45) is 0. The molecule has 5 nitrogen and oxygen atoms in total. The van der Waals surface area contributed by atoms with Gasteiger partial charge in [-0.05, 0) is 19.1 Å². The smallest absolute Gasteiger partial charge is 0.321 e. The van der Waals surface area contributed by atoms with Gasteiger partial charge in [0.25, 0.3) is 0 Å². The summed E-state index contributed by atoms with van der Waals surface area (Å²) in [6, 6.07) is 8.47. The first-order valence-electron chi connectivity index (χ1n) is 5.01. The molecule has 0 bridgehead atoms. The highest BCUT2D eigenvalue weighted by Gasteiger charge is 2.12. The number of aromatic nitrogens is 3. The van der Waals surface area contributed by atoms with Gasteiger partial charge in [-0.2, -0.15) is 0 Å². The van der Waals surface area contributed by atoms with E-state index in [2.05, 4.69) is 10.2 Å². The third-order valence-electron chi connectivity index (χ3n) is 2.36. The van der Waals surface area contributed by atoms with Crippen LogP contribution in [0.5, 0.6) is 6.01 Å². The molecular weight excluding hydrogens is 204 g/mol. The standard InChI is InChI=1S/C11H14N4O/c1-8-3-5-9(6-4-8)15-10(7-12)13-14-11(15)16-2/h3-6H,7,12H2,1-2H3. The molecule has 0 aliphatic heterocycles. The molecule has 2 N–H and O–H groups in total. The quantitative estimate of drug-likeness (QED) is 0.836. The Kier molecular flexibility index (Phi) is 2.87. The molecule has 0 aliphatic rings. The van der Waals surface area contributed by atoms with Crippen LogP contribution in [0.2, 0.25) is 0 Å². The predicted octanol–water partition coefficient (Wildman–Crippen LogP) is 1.04. The molecule has 0 aliphatic carbocycles. The molecule has 1 heterocycles. The maximum atomic E-state index is 5.61. The fourth-order valence-electron chi connectivity index (χ4n) is 1.52. The molecule has 0 saturated heterocycles. The summed E-state index contributed by atoms with van der Waals surface area (Å²) in [5.74, 6) is 0.681. The zero-order chi connectivity index (χ0) is 11.5. The molecule has 0 spiro atoms. The molecular formula is C11H14N4O. The fourth-order valence-corrected chi connectivity index (χ4v) is 1.52. The van der Waals surface area contributed by atoms with Gasteiger partial charge in [-0.25, -0.2) is 4.57 Å². The number of hydrogen-bond acceptors (Lipinski definition) is 4. The van der Waals surface area contributed by atoms with Gasteiger partial charge in [0.1, 0.15) is 0 Å². The van der Waals surface area contributed by atoms with Gasteiger partial charge in [-0.15, -0.1) is 5.10 Å². The molecule has 0 amide bonds. The average Bonchev–Trinajstić information content (AvgIpc) is 2.73. The zero-order valence-electron chi connectivity index (χ0n) is 9.34. The lowest BCUT2D eigenvalue weighted by molar-refractivity contribution is 0.371. The lowest BCUT2D eigenvalue weighted by Crippen LogP contribution is -2.07. The van der Waals surface area contributed by atoms with Gasteiger partial charge in [0, 0.05) is 0 Å². The zero-order valence-corrected chi connectivity index (χ0v) is 9.34. The summed E-state index contributed by atoms with van der Waals surface area (Å²) in [5.41, 5.74) is 7.76. The van der Waals surface area contributed by atoms with Crippen molar-refractivity contribution < 1.29 is 4.74 Å². The van der Waals surface area contributed by atoms with Crippen LogP contribution in [0.25, 0.3) is 5.69 Å². The first-order chi connectivity index (χ1) is 7.76. The van der Waals surface area contributed by atoms with Crippen LogP contribution >= 0.6 is 0 Å². The summed E-state index contributed by atoms with van der Waals surface area (Å²) in [4.78, 5) is 0. The number of methoxy groups -OCH3 is 1. The third kappa shape index (κ3) is 1.77. The van der Waals surface area contributed by atoms with Crippen molar-refractivity contribution in [2.45, 2.75) is 13.5 Å². The predicted molar refractivity (Wildman–Crippen MR) is 60.5 cm³/mol. The van der Waals surface area contributed by atoms with E-state index in [0.29, 0.717) is 18.4 Å². The Balaban J connectivity index is 2.52. The molecule has 1 aromatic carbocycles. The van der Waals surface area contributed by atoms with E-state index in [0.717, 1.165) is 5.69 Å². The Morgan fingerprint density at radius 1 is 1.25 bits per heavy atom. The number of benzene rings is 1. The van der Waals surface area contributed by atoms with Crippen molar-refractivity contribution in [3.8, 4) is 11.7 Å². The van der Waals surface area contributed by atoms with Crippen LogP contribution in [0.15, 0.2) is 24.3 Å². The molecule has 5 heteroatoms. The Bertz CT molecular complexity index is 454. The van der Waals surface area contributed by atoms with Gasteiger partial charge < -0.3 is 10.5 Å². The molecule has 16 heavy (non-hydrogen) atoms. The number of nitrogens with two attached hydrogens (primary N) is 1. The molecule has 0 saturated carbocycles. The number of nitrogens with zero attached hydrogens (tertiary/aromatic N) is 3. The fraction of sp³-hybridized carbons (Fsp3) is 0.273. The molecule has 1 aromatic heterocycles. The summed E-state index contributed by atoms with van der Waals surface area (Å²) >= 11 is 0. The molecule has 2 aromatic rings. The van der Waals surface area contributed by atoms with Crippen molar-refractivity contribution in [2.75, 3.05) is 7.11 Å². The normalized spacial score (nSPS) is 10.4. The van der Waals surface area contributed by atoms with Gasteiger partial charge in [0.05, 0.1) is 19.3 Å². The van der Waals surface area contributed by atoms with Crippen molar-refractivity contribution in [3.63, 3.8) is 0 Å². The summed E-state index contributed by atoms with van der Waals surface area (Å²) in [5, 5.41) is 7.88. The van der Waals surface area contributed by atoms with Crippen LogP contribution in [0.1, 0.15) is 11.4 Å². The van der Waals surface area contributed by atoms with E-state index < -0.39 is 0 Å². The van der Waals surface area contributed by atoms with Gasteiger partial charge in [-0.1, -0.05) is 22.8 Å². The maximum Gasteiger partial charge on any atom is 0.321 e. The van der Waals surface area contributed by atoms with Gasteiger partial charge in [-0.3, -0.25) is 0 Å². The largest absolute Gasteiger partial charge is 0.467 e. The molecule has 0 fully saturated rings. The maximum absolute atomic E-state index is 5.61. The Hall–Kier alpha value is -1.88. The highest BCUT2D eigenvalue weighted by atomic mass is 16.5. The number of aryl methyl sites for hydroxylation is 1. The second-order valence-electron chi connectivity index (χ2n) is 3.48. The Morgan fingerprint density at radius 2 is 1.94 bits per heavy atom. The minimum atomic E-state index is 0.324. The van der Waals surface area contributed by atoms with Crippen LogP contribution in [0.3, 0.4) is 0 Å². The van der Waals surface area contributed by atoms with Crippen LogP contribution in [0.4, 0.5) is 0 Å². The van der Waals surface area contributed by atoms with Crippen molar-refractivity contribution in [1.29, 1.82) is 0 Å². The number of rotatable bonds is 3. The minimum absolute atomic E-state index is 0.324. The van der Waals surface area contributed by atoms with Crippen LogP contribution in [-0.4, -0.2) is 21.9 Å². The van der Waals surface area contributed by atoms with E-state index in [4.69, 9.17) is 10.5 Å². The van der Waals surface area contributed by atoms with Crippen molar-refractivity contribution in [3.05, 3.63) is 35.7 Å². The molecule has 84 valence electrons. The van der Waals surface area contributed by atoms with Gasteiger partial charge >= 0.3 is 6.01 Å². The van der Waals surface area contributed by atoms with Crippen molar-refractivity contribution in [2.24, 2.45) is 5.73 Å². The number of hydrogen-bond donors (Lipinski definition) is 1. The van der Waals surface area contributed by atoms with E-state index in [1.807, 2.05) is 31.2 Å². The highest BCUT2D eigenvalue weighted by molar-refractivity contribution is 5.37. The molecule has 0 atom stereocenters. The minimum Gasteiger partial charge on any atom is -0.467 e. The van der Waals surface area contributed by atoms with Crippen molar-refractivity contribution in [1.82, 2.24) is 14.8 Å². The van der Waals surface area contributed by atoms with E-state index in [1.165, 1.54) is 5.56 Å². The second-order valence-corrected chi connectivity index (χ2v) is 3.48. The third-order valence-corrected chi connectivity index (χ3v) is 2.36. The van der Waals surface area contributed by atoms with E-state index in [9.17, 15) is 0 Å². The van der Waals surface area contributed by atoms with E-state index in [1.54, 1.807) is 11.7 Å². The Labute approximate surface area is 93.9 Å². The highest BCUT2D eigenvalue weighted by Crippen LogP contribution is 2.18. The monoisotopic (exact) mass is 218 g/mol.